The first-order valence-electron chi connectivity index (χ1n) is 8.41. The lowest BCUT2D eigenvalue weighted by atomic mass is 10.2. The van der Waals surface area contributed by atoms with Crippen LogP contribution in [0.15, 0.2) is 71.7 Å². The largest absolute Gasteiger partial charge is 0.417 e. The van der Waals surface area contributed by atoms with Crippen molar-refractivity contribution in [3.05, 3.63) is 87.8 Å². The zero-order chi connectivity index (χ0) is 20.6. The molecule has 4 aromatic rings. The van der Waals surface area contributed by atoms with Crippen molar-refractivity contribution in [3.63, 3.8) is 0 Å². The molecule has 0 aliphatic carbocycles. The van der Waals surface area contributed by atoms with Gasteiger partial charge in [0.05, 0.1) is 22.2 Å². The topological polar surface area (TPSA) is 59.8 Å². The van der Waals surface area contributed by atoms with Gasteiger partial charge in [0.1, 0.15) is 5.82 Å². The molecule has 1 N–H and O–H groups in total. The number of aromatic nitrogens is 3. The maximum Gasteiger partial charge on any atom is 0.417 e. The van der Waals surface area contributed by atoms with E-state index >= 15 is 0 Å². The Morgan fingerprint density at radius 2 is 1.76 bits per heavy atom. The molecule has 0 spiro atoms. The maximum atomic E-state index is 13.1. The second-order valence-electron chi connectivity index (χ2n) is 6.13. The van der Waals surface area contributed by atoms with Crippen molar-refractivity contribution >= 4 is 34.3 Å². The fourth-order valence-electron chi connectivity index (χ4n) is 2.81. The van der Waals surface area contributed by atoms with Gasteiger partial charge in [0.2, 0.25) is 5.95 Å². The van der Waals surface area contributed by atoms with Crippen molar-refractivity contribution in [1.29, 1.82) is 0 Å². The third kappa shape index (κ3) is 3.79. The molecule has 0 aliphatic rings. The van der Waals surface area contributed by atoms with Crippen molar-refractivity contribution in [2.75, 3.05) is 5.32 Å². The van der Waals surface area contributed by atoms with Gasteiger partial charge in [-0.15, -0.1) is 0 Å². The van der Waals surface area contributed by atoms with E-state index in [2.05, 4.69) is 15.3 Å². The molecule has 0 aliphatic heterocycles. The van der Waals surface area contributed by atoms with Crippen LogP contribution >= 0.6 is 11.6 Å². The minimum absolute atomic E-state index is 0.114. The zero-order valence-corrected chi connectivity index (χ0v) is 15.4. The quantitative estimate of drug-likeness (QED) is 0.499. The normalized spacial score (nSPS) is 11.6. The number of hydrogen-bond donors (Lipinski definition) is 1. The number of rotatable bonds is 3. The van der Waals surface area contributed by atoms with Gasteiger partial charge in [-0.2, -0.15) is 13.2 Å². The minimum atomic E-state index is -4.49. The van der Waals surface area contributed by atoms with Crippen molar-refractivity contribution in [1.82, 2.24) is 14.5 Å². The summed E-state index contributed by atoms with van der Waals surface area (Å²) in [6.45, 7) is 0. The molecule has 0 saturated carbocycles. The van der Waals surface area contributed by atoms with Gasteiger partial charge in [0.15, 0.2) is 0 Å². The van der Waals surface area contributed by atoms with Crippen LogP contribution in [-0.4, -0.2) is 14.5 Å². The van der Waals surface area contributed by atoms with E-state index in [1.165, 1.54) is 16.7 Å². The van der Waals surface area contributed by atoms with Crippen LogP contribution in [0, 0.1) is 0 Å². The molecular weight excluding hydrogens is 405 g/mol. The molecule has 2 aromatic heterocycles. The number of fused-ring (bicyclic) bond motifs is 1. The molecule has 5 nitrogen and oxygen atoms in total. The van der Waals surface area contributed by atoms with E-state index in [-0.39, 0.29) is 17.3 Å². The number of benzene rings is 2. The van der Waals surface area contributed by atoms with Crippen molar-refractivity contribution in [3.8, 4) is 5.69 Å². The Labute approximate surface area is 167 Å². The van der Waals surface area contributed by atoms with Gasteiger partial charge in [-0.3, -0.25) is 4.79 Å². The second-order valence-corrected chi connectivity index (χ2v) is 6.56. The predicted octanol–water partition coefficient (Wildman–Crippen LogP) is 5.20. The Kier molecular flexibility index (Phi) is 4.71. The SMILES string of the molecule is O=c1c2cc(Cl)ccc2nc(Nc2ccc(C(F)(F)F)cn2)n1-c1ccccc1. The summed E-state index contributed by atoms with van der Waals surface area (Å²) in [5.41, 5.74) is -0.329. The Hall–Kier alpha value is -3.39. The highest BCUT2D eigenvalue weighted by Gasteiger charge is 2.30. The molecule has 0 amide bonds. The average molecular weight is 417 g/mol. The summed E-state index contributed by atoms with van der Waals surface area (Å²) < 4.78 is 39.6. The molecule has 2 heterocycles. The Bertz CT molecular complexity index is 1240. The molecule has 9 heteroatoms. The van der Waals surface area contributed by atoms with Crippen LogP contribution in [0.5, 0.6) is 0 Å². The third-order valence-corrected chi connectivity index (χ3v) is 4.41. The number of alkyl halides is 3. The zero-order valence-electron chi connectivity index (χ0n) is 14.6. The lowest BCUT2D eigenvalue weighted by Crippen LogP contribution is -2.23. The molecule has 4 rings (SSSR count). The first kappa shape index (κ1) is 18.9. The van der Waals surface area contributed by atoms with Gasteiger partial charge in [-0.05, 0) is 42.5 Å². The summed E-state index contributed by atoms with van der Waals surface area (Å²) in [6.07, 6.45) is -3.77. The van der Waals surface area contributed by atoms with Crippen molar-refractivity contribution in [2.45, 2.75) is 6.18 Å². The van der Waals surface area contributed by atoms with Gasteiger partial charge in [0, 0.05) is 11.2 Å². The van der Waals surface area contributed by atoms with Crippen LogP contribution in [0.1, 0.15) is 5.56 Å². The van der Waals surface area contributed by atoms with Crippen LogP contribution in [0.3, 0.4) is 0 Å². The highest BCUT2D eigenvalue weighted by atomic mass is 35.5. The summed E-state index contributed by atoms with van der Waals surface area (Å²) >= 11 is 6.02. The molecule has 29 heavy (non-hydrogen) atoms. The molecule has 0 radical (unpaired) electrons. The average Bonchev–Trinajstić information content (AvgIpc) is 2.69. The first-order valence-corrected chi connectivity index (χ1v) is 8.79. The van der Waals surface area contributed by atoms with Crippen LogP contribution in [0.4, 0.5) is 24.9 Å². The van der Waals surface area contributed by atoms with Crippen LogP contribution in [0.2, 0.25) is 5.02 Å². The Morgan fingerprint density at radius 3 is 2.41 bits per heavy atom. The summed E-state index contributed by atoms with van der Waals surface area (Å²) in [7, 11) is 0. The number of nitrogens with zero attached hydrogens (tertiary/aromatic N) is 3. The molecule has 0 bridgehead atoms. The molecule has 0 unspecified atom stereocenters. The second kappa shape index (κ2) is 7.21. The lowest BCUT2D eigenvalue weighted by molar-refractivity contribution is -0.137. The van der Waals surface area contributed by atoms with Gasteiger partial charge < -0.3 is 5.32 Å². The number of para-hydroxylation sites is 1. The van der Waals surface area contributed by atoms with Crippen molar-refractivity contribution < 1.29 is 13.2 Å². The molecule has 0 fully saturated rings. The van der Waals surface area contributed by atoms with E-state index in [1.54, 1.807) is 42.5 Å². The third-order valence-electron chi connectivity index (χ3n) is 4.18. The summed E-state index contributed by atoms with van der Waals surface area (Å²) in [5.74, 6) is 0.228. The van der Waals surface area contributed by atoms with Gasteiger partial charge in [-0.25, -0.2) is 14.5 Å². The lowest BCUT2D eigenvalue weighted by Gasteiger charge is -2.15. The molecule has 0 saturated heterocycles. The smallest absolute Gasteiger partial charge is 0.310 e. The predicted molar refractivity (Wildman–Crippen MR) is 105 cm³/mol. The highest BCUT2D eigenvalue weighted by molar-refractivity contribution is 6.31. The maximum absolute atomic E-state index is 13.1. The van der Waals surface area contributed by atoms with E-state index in [0.717, 1.165) is 6.07 Å². The summed E-state index contributed by atoms with van der Waals surface area (Å²) in [5, 5.41) is 3.54. The van der Waals surface area contributed by atoms with E-state index in [4.69, 9.17) is 11.6 Å². The molecular formula is C20H12ClF3N4O. The van der Waals surface area contributed by atoms with E-state index in [9.17, 15) is 18.0 Å². The van der Waals surface area contributed by atoms with Crippen LogP contribution in [0.25, 0.3) is 16.6 Å². The van der Waals surface area contributed by atoms with Gasteiger partial charge >= 0.3 is 6.18 Å². The summed E-state index contributed by atoms with van der Waals surface area (Å²) in [4.78, 5) is 21.4. The van der Waals surface area contributed by atoms with Crippen LogP contribution in [-0.2, 0) is 6.18 Å². The highest BCUT2D eigenvalue weighted by Crippen LogP contribution is 2.29. The number of anilines is 2. The fourth-order valence-corrected chi connectivity index (χ4v) is 2.98. The molecule has 146 valence electrons. The number of pyridine rings is 1. The molecule has 0 atom stereocenters. The van der Waals surface area contributed by atoms with E-state index < -0.39 is 11.7 Å². The molecule has 2 aromatic carbocycles. The Morgan fingerprint density at radius 1 is 1.00 bits per heavy atom. The number of nitrogens with one attached hydrogen (secondary N) is 1. The number of halogens is 4. The first-order chi connectivity index (χ1) is 13.8. The summed E-state index contributed by atoms with van der Waals surface area (Å²) in [6, 6.07) is 15.5. The monoisotopic (exact) mass is 416 g/mol. The Balaban J connectivity index is 1.87. The van der Waals surface area contributed by atoms with E-state index in [0.29, 0.717) is 27.8 Å². The van der Waals surface area contributed by atoms with Crippen LogP contribution < -0.4 is 10.9 Å². The fraction of sp³-hybridized carbons (Fsp3) is 0.0500. The van der Waals surface area contributed by atoms with Gasteiger partial charge in [0.25, 0.3) is 5.56 Å². The number of hydrogen-bond acceptors (Lipinski definition) is 4. The van der Waals surface area contributed by atoms with Crippen molar-refractivity contribution in [2.24, 2.45) is 0 Å². The minimum Gasteiger partial charge on any atom is -0.310 e. The standard InChI is InChI=1S/C20H12ClF3N4O/c21-13-7-8-16-15(10-13)18(29)28(14-4-2-1-3-5-14)19(26-16)27-17-9-6-12(11-25-17)20(22,23)24/h1-11H,(H,25,26,27). The van der Waals surface area contributed by atoms with E-state index in [1.807, 2.05) is 0 Å². The van der Waals surface area contributed by atoms with Gasteiger partial charge in [-0.1, -0.05) is 29.8 Å².